The van der Waals surface area contributed by atoms with Crippen LogP contribution in [0, 0.1) is 6.92 Å². The standard InChI is InChI=1S/C22H26N2O/c1-3-4-5-6-16-25-21-12-10-20(11-13-21)24-15-14-23-22(24)19-9-7-8-18(2)17-19/h7-15,17H,3-6,16H2,1-2H3. The predicted octanol–water partition coefficient (Wildman–Crippen LogP) is 5.81. The van der Waals surface area contributed by atoms with Crippen LogP contribution in [0.1, 0.15) is 38.2 Å². The van der Waals surface area contributed by atoms with E-state index in [-0.39, 0.29) is 0 Å². The van der Waals surface area contributed by atoms with E-state index in [0.29, 0.717) is 0 Å². The zero-order valence-corrected chi connectivity index (χ0v) is 15.1. The summed E-state index contributed by atoms with van der Waals surface area (Å²) in [5.74, 6) is 1.88. The minimum atomic E-state index is 0.791. The lowest BCUT2D eigenvalue weighted by Gasteiger charge is -2.10. The van der Waals surface area contributed by atoms with Crippen molar-refractivity contribution >= 4 is 0 Å². The van der Waals surface area contributed by atoms with Gasteiger partial charge in [0.1, 0.15) is 11.6 Å². The first-order chi connectivity index (χ1) is 12.3. The number of ether oxygens (including phenoxy) is 1. The molecule has 0 saturated carbocycles. The summed E-state index contributed by atoms with van der Waals surface area (Å²) in [6.07, 6.45) is 8.74. The van der Waals surface area contributed by atoms with E-state index in [9.17, 15) is 0 Å². The van der Waals surface area contributed by atoms with Crippen LogP contribution >= 0.6 is 0 Å². The predicted molar refractivity (Wildman–Crippen MR) is 103 cm³/mol. The Morgan fingerprint density at radius 1 is 1.00 bits per heavy atom. The van der Waals surface area contributed by atoms with Crippen LogP contribution in [0.5, 0.6) is 5.75 Å². The zero-order chi connectivity index (χ0) is 17.5. The third kappa shape index (κ3) is 4.50. The van der Waals surface area contributed by atoms with Crippen molar-refractivity contribution in [1.29, 1.82) is 0 Å². The molecule has 0 fully saturated rings. The SMILES string of the molecule is CCCCCCOc1ccc(-n2ccnc2-c2cccc(C)c2)cc1. The van der Waals surface area contributed by atoms with Gasteiger partial charge in [-0.25, -0.2) is 4.98 Å². The van der Waals surface area contributed by atoms with Crippen molar-refractivity contribution < 1.29 is 4.74 Å². The molecule has 0 aliphatic rings. The van der Waals surface area contributed by atoms with E-state index in [4.69, 9.17) is 4.74 Å². The summed E-state index contributed by atoms with van der Waals surface area (Å²) in [5, 5.41) is 0. The molecule has 1 heterocycles. The van der Waals surface area contributed by atoms with Crippen LogP contribution in [0.2, 0.25) is 0 Å². The molecule has 3 aromatic rings. The molecule has 0 atom stereocenters. The van der Waals surface area contributed by atoms with Gasteiger partial charge in [0.15, 0.2) is 0 Å². The van der Waals surface area contributed by atoms with Crippen molar-refractivity contribution in [3.05, 3.63) is 66.5 Å². The maximum atomic E-state index is 5.83. The third-order valence-corrected chi connectivity index (χ3v) is 4.30. The molecular weight excluding hydrogens is 308 g/mol. The summed E-state index contributed by atoms with van der Waals surface area (Å²) in [6, 6.07) is 16.7. The number of aromatic nitrogens is 2. The van der Waals surface area contributed by atoms with Gasteiger partial charge in [0.25, 0.3) is 0 Å². The summed E-state index contributed by atoms with van der Waals surface area (Å²) in [7, 11) is 0. The Labute approximate surface area is 150 Å². The number of nitrogens with zero attached hydrogens (tertiary/aromatic N) is 2. The van der Waals surface area contributed by atoms with E-state index in [1.165, 1.54) is 24.8 Å². The second kappa shape index (κ2) is 8.52. The van der Waals surface area contributed by atoms with Crippen LogP contribution in [0.15, 0.2) is 60.9 Å². The van der Waals surface area contributed by atoms with Crippen molar-refractivity contribution in [3.8, 4) is 22.8 Å². The Hall–Kier alpha value is -2.55. The highest BCUT2D eigenvalue weighted by Crippen LogP contribution is 2.23. The lowest BCUT2D eigenvalue weighted by molar-refractivity contribution is 0.305. The van der Waals surface area contributed by atoms with Crippen LogP contribution < -0.4 is 4.74 Å². The Morgan fingerprint density at radius 3 is 2.60 bits per heavy atom. The Kier molecular flexibility index (Phi) is 5.89. The Balaban J connectivity index is 1.70. The summed E-state index contributed by atoms with van der Waals surface area (Å²) in [6.45, 7) is 5.11. The van der Waals surface area contributed by atoms with Gasteiger partial charge in [0.2, 0.25) is 0 Å². The molecule has 3 rings (SSSR count). The molecule has 3 nitrogen and oxygen atoms in total. The second-order valence-corrected chi connectivity index (χ2v) is 6.39. The summed E-state index contributed by atoms with van der Waals surface area (Å²) in [4.78, 5) is 4.54. The van der Waals surface area contributed by atoms with E-state index >= 15 is 0 Å². The van der Waals surface area contributed by atoms with Gasteiger partial charge in [-0.05, 0) is 43.7 Å². The van der Waals surface area contributed by atoms with Gasteiger partial charge in [-0.3, -0.25) is 4.57 Å². The molecule has 0 aliphatic heterocycles. The van der Waals surface area contributed by atoms with Crippen molar-refractivity contribution in [2.45, 2.75) is 39.5 Å². The van der Waals surface area contributed by atoms with Gasteiger partial charge in [-0.15, -0.1) is 0 Å². The molecule has 0 aliphatic carbocycles. The van der Waals surface area contributed by atoms with E-state index in [0.717, 1.165) is 35.9 Å². The lowest BCUT2D eigenvalue weighted by Crippen LogP contribution is -1.99. The van der Waals surface area contributed by atoms with Crippen molar-refractivity contribution in [2.75, 3.05) is 6.61 Å². The largest absolute Gasteiger partial charge is 0.494 e. The monoisotopic (exact) mass is 334 g/mol. The van der Waals surface area contributed by atoms with Crippen molar-refractivity contribution in [2.24, 2.45) is 0 Å². The van der Waals surface area contributed by atoms with Gasteiger partial charge < -0.3 is 4.74 Å². The number of aryl methyl sites for hydroxylation is 1. The van der Waals surface area contributed by atoms with Crippen molar-refractivity contribution in [1.82, 2.24) is 9.55 Å². The minimum Gasteiger partial charge on any atom is -0.494 e. The molecule has 0 unspecified atom stereocenters. The average molecular weight is 334 g/mol. The molecule has 0 amide bonds. The van der Waals surface area contributed by atoms with Gasteiger partial charge in [-0.1, -0.05) is 49.9 Å². The second-order valence-electron chi connectivity index (χ2n) is 6.39. The smallest absolute Gasteiger partial charge is 0.144 e. The summed E-state index contributed by atoms with van der Waals surface area (Å²) in [5.41, 5.74) is 3.45. The fraction of sp³-hybridized carbons (Fsp3) is 0.318. The van der Waals surface area contributed by atoms with Crippen LogP contribution in [0.3, 0.4) is 0 Å². The minimum absolute atomic E-state index is 0.791. The van der Waals surface area contributed by atoms with Crippen LogP contribution in [-0.4, -0.2) is 16.2 Å². The third-order valence-electron chi connectivity index (χ3n) is 4.30. The molecule has 0 N–H and O–H groups in total. The van der Waals surface area contributed by atoms with E-state index < -0.39 is 0 Å². The lowest BCUT2D eigenvalue weighted by atomic mass is 10.1. The molecule has 25 heavy (non-hydrogen) atoms. The van der Waals surface area contributed by atoms with Gasteiger partial charge in [0, 0.05) is 23.6 Å². The highest BCUT2D eigenvalue weighted by molar-refractivity contribution is 5.59. The quantitative estimate of drug-likeness (QED) is 0.486. The number of benzene rings is 2. The molecule has 0 bridgehead atoms. The maximum Gasteiger partial charge on any atom is 0.144 e. The fourth-order valence-electron chi connectivity index (χ4n) is 2.93. The summed E-state index contributed by atoms with van der Waals surface area (Å²) >= 11 is 0. The molecule has 0 saturated heterocycles. The topological polar surface area (TPSA) is 27.1 Å². The highest BCUT2D eigenvalue weighted by Gasteiger charge is 2.08. The maximum absolute atomic E-state index is 5.83. The number of hydrogen-bond donors (Lipinski definition) is 0. The molecule has 130 valence electrons. The van der Waals surface area contributed by atoms with E-state index in [1.54, 1.807) is 0 Å². The first-order valence-corrected chi connectivity index (χ1v) is 9.11. The molecule has 2 aromatic carbocycles. The van der Waals surface area contributed by atoms with Crippen LogP contribution in [0.25, 0.3) is 17.1 Å². The normalized spacial score (nSPS) is 10.8. The van der Waals surface area contributed by atoms with E-state index in [1.807, 2.05) is 24.5 Å². The van der Waals surface area contributed by atoms with Crippen molar-refractivity contribution in [3.63, 3.8) is 0 Å². The fourth-order valence-corrected chi connectivity index (χ4v) is 2.93. The first kappa shape index (κ1) is 17.3. The number of rotatable bonds is 8. The molecule has 0 spiro atoms. The Morgan fingerprint density at radius 2 is 1.84 bits per heavy atom. The van der Waals surface area contributed by atoms with E-state index in [2.05, 4.69) is 59.8 Å². The number of hydrogen-bond acceptors (Lipinski definition) is 2. The molecule has 1 aromatic heterocycles. The van der Waals surface area contributed by atoms with Gasteiger partial charge >= 0.3 is 0 Å². The molecule has 3 heteroatoms. The molecule has 0 radical (unpaired) electrons. The van der Waals surface area contributed by atoms with Gasteiger partial charge in [0.05, 0.1) is 6.61 Å². The number of imidazole rings is 1. The van der Waals surface area contributed by atoms with Gasteiger partial charge in [-0.2, -0.15) is 0 Å². The first-order valence-electron chi connectivity index (χ1n) is 9.11. The average Bonchev–Trinajstić information content (AvgIpc) is 3.12. The zero-order valence-electron chi connectivity index (χ0n) is 15.1. The van der Waals surface area contributed by atoms with Crippen LogP contribution in [0.4, 0.5) is 0 Å². The number of unbranched alkanes of at least 4 members (excludes halogenated alkanes) is 3. The van der Waals surface area contributed by atoms with Crippen LogP contribution in [-0.2, 0) is 0 Å². The summed E-state index contributed by atoms with van der Waals surface area (Å²) < 4.78 is 7.94. The highest BCUT2D eigenvalue weighted by atomic mass is 16.5. The molecular formula is C22H26N2O. The Bertz CT molecular complexity index is 790.